The topological polar surface area (TPSA) is 0 Å². The molecule has 0 unspecified atom stereocenters. The van der Waals surface area contributed by atoms with Gasteiger partial charge in [-0.05, 0) is 55.2 Å². The zero-order chi connectivity index (χ0) is 18.4. The number of benzene rings is 1. The molecule has 2 rings (SSSR count). The minimum Gasteiger partial charge on any atom is -0.206 e. The Bertz CT molecular complexity index is 545. The molecule has 0 N–H and O–H groups in total. The van der Waals surface area contributed by atoms with Crippen LogP contribution in [0.15, 0.2) is 24.8 Å². The summed E-state index contributed by atoms with van der Waals surface area (Å²) in [5.74, 6) is -1.80. The second-order valence-electron chi connectivity index (χ2n) is 7.08. The summed E-state index contributed by atoms with van der Waals surface area (Å²) in [5, 5.41) is 0. The van der Waals surface area contributed by atoms with Crippen LogP contribution in [0.2, 0.25) is 0 Å². The lowest BCUT2D eigenvalue weighted by Gasteiger charge is -2.28. The number of allylic oxidation sites excluding steroid dienone is 1. The predicted molar refractivity (Wildman–Crippen MR) is 89.2 cm³/mol. The Balaban J connectivity index is 1.84. The van der Waals surface area contributed by atoms with Crippen LogP contribution in [0.5, 0.6) is 0 Å². The quantitative estimate of drug-likeness (QED) is 0.277. The van der Waals surface area contributed by atoms with E-state index in [0.29, 0.717) is 17.9 Å². The van der Waals surface area contributed by atoms with Crippen LogP contribution < -0.4 is 0 Å². The maximum absolute atomic E-state index is 13.6. The molecule has 0 radical (unpaired) electrons. The standard InChI is InChI=1S/C20H25F5/c1-2-3-4-5-14-6-8-15(9-7-14)10-11-16-12-17(21)19(18(22)13-16)20(23,24)25/h2,12-15H,1,3-11H2. The molecule has 5 heteroatoms. The van der Waals surface area contributed by atoms with Crippen molar-refractivity contribution in [2.24, 2.45) is 11.8 Å². The molecule has 0 bridgehead atoms. The average molecular weight is 360 g/mol. The van der Waals surface area contributed by atoms with Crippen molar-refractivity contribution in [1.82, 2.24) is 0 Å². The van der Waals surface area contributed by atoms with Crippen LogP contribution in [-0.4, -0.2) is 0 Å². The summed E-state index contributed by atoms with van der Waals surface area (Å²) < 4.78 is 64.9. The molecule has 0 heterocycles. The average Bonchev–Trinajstić information content (AvgIpc) is 2.52. The summed E-state index contributed by atoms with van der Waals surface area (Å²) in [7, 11) is 0. The Labute approximate surface area is 146 Å². The number of aryl methyl sites for hydroxylation is 1. The first-order valence-electron chi connectivity index (χ1n) is 8.97. The molecule has 0 spiro atoms. The Hall–Kier alpha value is -1.39. The molecule has 0 saturated heterocycles. The zero-order valence-corrected chi connectivity index (χ0v) is 14.3. The van der Waals surface area contributed by atoms with E-state index in [2.05, 4.69) is 6.58 Å². The van der Waals surface area contributed by atoms with Crippen LogP contribution >= 0.6 is 0 Å². The maximum atomic E-state index is 13.6. The zero-order valence-electron chi connectivity index (χ0n) is 14.3. The molecule has 0 nitrogen and oxygen atoms in total. The van der Waals surface area contributed by atoms with E-state index in [4.69, 9.17) is 0 Å². The predicted octanol–water partition coefficient (Wildman–Crippen LogP) is 7.08. The number of hydrogen-bond acceptors (Lipinski definition) is 0. The Morgan fingerprint density at radius 1 is 0.960 bits per heavy atom. The number of hydrogen-bond donors (Lipinski definition) is 0. The summed E-state index contributed by atoms with van der Waals surface area (Å²) >= 11 is 0. The van der Waals surface area contributed by atoms with Crippen LogP contribution in [0.4, 0.5) is 22.0 Å². The molecular formula is C20H25F5. The fourth-order valence-corrected chi connectivity index (χ4v) is 3.77. The minimum absolute atomic E-state index is 0.302. The molecule has 0 aromatic heterocycles. The van der Waals surface area contributed by atoms with Crippen molar-refractivity contribution >= 4 is 0 Å². The van der Waals surface area contributed by atoms with E-state index in [1.807, 2.05) is 6.08 Å². The summed E-state index contributed by atoms with van der Waals surface area (Å²) in [6.07, 6.45) is 6.05. The fraction of sp³-hybridized carbons (Fsp3) is 0.600. The lowest BCUT2D eigenvalue weighted by atomic mass is 9.78. The van der Waals surface area contributed by atoms with Crippen molar-refractivity contribution in [3.8, 4) is 0 Å². The van der Waals surface area contributed by atoms with Gasteiger partial charge in [0.1, 0.15) is 17.2 Å². The fourth-order valence-electron chi connectivity index (χ4n) is 3.77. The molecule has 1 fully saturated rings. The van der Waals surface area contributed by atoms with Crippen LogP contribution in [0, 0.1) is 23.5 Å². The SMILES string of the molecule is C=CCCCC1CCC(CCc2cc(F)c(C(F)(F)F)c(F)c2)CC1. The van der Waals surface area contributed by atoms with E-state index >= 15 is 0 Å². The van der Waals surface area contributed by atoms with Crippen LogP contribution in [-0.2, 0) is 12.6 Å². The maximum Gasteiger partial charge on any atom is 0.422 e. The highest BCUT2D eigenvalue weighted by molar-refractivity contribution is 5.28. The molecule has 1 aromatic carbocycles. The van der Waals surface area contributed by atoms with Crippen LogP contribution in [0.25, 0.3) is 0 Å². The summed E-state index contributed by atoms with van der Waals surface area (Å²) in [5.41, 5.74) is -1.49. The smallest absolute Gasteiger partial charge is 0.206 e. The van der Waals surface area contributed by atoms with Gasteiger partial charge in [-0.1, -0.05) is 38.2 Å². The molecule has 25 heavy (non-hydrogen) atoms. The molecule has 1 saturated carbocycles. The molecule has 1 aliphatic rings. The third kappa shape index (κ3) is 5.82. The number of unbranched alkanes of at least 4 members (excludes halogenated alkanes) is 1. The van der Waals surface area contributed by atoms with Gasteiger partial charge in [-0.15, -0.1) is 6.58 Å². The number of alkyl halides is 3. The second-order valence-corrected chi connectivity index (χ2v) is 7.08. The van der Waals surface area contributed by atoms with Gasteiger partial charge in [-0.2, -0.15) is 13.2 Å². The van der Waals surface area contributed by atoms with E-state index in [1.165, 1.54) is 12.8 Å². The van der Waals surface area contributed by atoms with Crippen LogP contribution in [0.3, 0.4) is 0 Å². The monoisotopic (exact) mass is 360 g/mol. The van der Waals surface area contributed by atoms with Crippen molar-refractivity contribution in [1.29, 1.82) is 0 Å². The molecule has 0 amide bonds. The lowest BCUT2D eigenvalue weighted by molar-refractivity contribution is -0.142. The van der Waals surface area contributed by atoms with Gasteiger partial charge < -0.3 is 0 Å². The van der Waals surface area contributed by atoms with Gasteiger partial charge in [0.2, 0.25) is 0 Å². The number of halogens is 5. The van der Waals surface area contributed by atoms with Crippen molar-refractivity contribution < 1.29 is 22.0 Å². The Morgan fingerprint density at radius 2 is 1.48 bits per heavy atom. The van der Waals surface area contributed by atoms with Gasteiger partial charge in [0.15, 0.2) is 0 Å². The third-order valence-corrected chi connectivity index (χ3v) is 5.21. The van der Waals surface area contributed by atoms with Gasteiger partial charge in [-0.25, -0.2) is 8.78 Å². The first-order chi connectivity index (χ1) is 11.8. The van der Waals surface area contributed by atoms with Crippen molar-refractivity contribution in [2.45, 2.75) is 64.0 Å². The molecule has 0 aliphatic heterocycles. The number of rotatable bonds is 7. The summed E-state index contributed by atoms with van der Waals surface area (Å²) in [4.78, 5) is 0. The summed E-state index contributed by atoms with van der Waals surface area (Å²) in [6, 6.07) is 1.65. The molecule has 140 valence electrons. The molecule has 0 atom stereocenters. The van der Waals surface area contributed by atoms with Gasteiger partial charge in [0.05, 0.1) is 0 Å². The van der Waals surface area contributed by atoms with Gasteiger partial charge in [-0.3, -0.25) is 0 Å². The Kier molecular flexibility index (Phi) is 7.03. The first-order valence-corrected chi connectivity index (χ1v) is 8.97. The van der Waals surface area contributed by atoms with E-state index in [9.17, 15) is 22.0 Å². The molecule has 1 aliphatic carbocycles. The lowest BCUT2D eigenvalue weighted by Crippen LogP contribution is -2.15. The van der Waals surface area contributed by atoms with E-state index < -0.39 is 23.4 Å². The second kappa shape index (κ2) is 8.81. The third-order valence-electron chi connectivity index (χ3n) is 5.21. The van der Waals surface area contributed by atoms with E-state index in [1.54, 1.807) is 0 Å². The van der Waals surface area contributed by atoms with Gasteiger partial charge in [0.25, 0.3) is 0 Å². The first kappa shape index (κ1) is 19.9. The van der Waals surface area contributed by atoms with Gasteiger partial charge >= 0.3 is 6.18 Å². The largest absolute Gasteiger partial charge is 0.422 e. The molecular weight excluding hydrogens is 335 g/mol. The van der Waals surface area contributed by atoms with Crippen LogP contribution in [0.1, 0.15) is 62.5 Å². The van der Waals surface area contributed by atoms with E-state index in [0.717, 1.165) is 56.6 Å². The summed E-state index contributed by atoms with van der Waals surface area (Å²) in [6.45, 7) is 3.72. The highest BCUT2D eigenvalue weighted by atomic mass is 19.4. The van der Waals surface area contributed by atoms with Crippen molar-refractivity contribution in [3.63, 3.8) is 0 Å². The van der Waals surface area contributed by atoms with Gasteiger partial charge in [0, 0.05) is 0 Å². The van der Waals surface area contributed by atoms with Crippen molar-refractivity contribution in [2.75, 3.05) is 0 Å². The van der Waals surface area contributed by atoms with Crippen molar-refractivity contribution in [3.05, 3.63) is 47.5 Å². The Morgan fingerprint density at radius 3 is 1.96 bits per heavy atom. The molecule has 1 aromatic rings. The highest BCUT2D eigenvalue weighted by Crippen LogP contribution is 2.36. The normalized spacial score (nSPS) is 21.3. The highest BCUT2D eigenvalue weighted by Gasteiger charge is 2.37. The van der Waals surface area contributed by atoms with E-state index in [-0.39, 0.29) is 0 Å². The minimum atomic E-state index is -5.00.